The first-order chi connectivity index (χ1) is 57.6. The molecule has 8 amide bonds. The highest BCUT2D eigenvalue weighted by Gasteiger charge is 2.51. The molecule has 33 nitrogen and oxygen atoms in total. The lowest BCUT2D eigenvalue weighted by Gasteiger charge is -2.37. The van der Waals surface area contributed by atoms with Gasteiger partial charge in [-0.3, -0.25) is 47.9 Å². The predicted molar refractivity (Wildman–Crippen MR) is 445 cm³/mol. The van der Waals surface area contributed by atoms with Crippen LogP contribution in [0.3, 0.4) is 0 Å². The number of carboxylic acids is 2. The quantitative estimate of drug-likeness (QED) is 0.0474. The summed E-state index contributed by atoms with van der Waals surface area (Å²) in [7, 11) is 3.21. The zero-order valence-corrected chi connectivity index (χ0v) is 69.7. The number of fused-ring (bicyclic) bond motifs is 2. The molecule has 8 aromatic rings. The van der Waals surface area contributed by atoms with Gasteiger partial charge in [-0.05, 0) is 145 Å². The van der Waals surface area contributed by atoms with Gasteiger partial charge in [0.25, 0.3) is 0 Å². The van der Waals surface area contributed by atoms with Gasteiger partial charge in [0, 0.05) is 44.8 Å². The molecule has 14 rings (SSSR count). The fourth-order valence-electron chi connectivity index (χ4n) is 15.5. The van der Waals surface area contributed by atoms with E-state index in [2.05, 4.69) is 63.2 Å². The van der Waals surface area contributed by atoms with Crippen LogP contribution in [0.25, 0.3) is 21.5 Å². The molecule has 0 unspecified atom stereocenters. The van der Waals surface area contributed by atoms with E-state index in [0.29, 0.717) is 33.8 Å². The van der Waals surface area contributed by atoms with Gasteiger partial charge in [-0.2, -0.15) is 0 Å². The van der Waals surface area contributed by atoms with E-state index < -0.39 is 173 Å². The second-order valence-electron chi connectivity index (χ2n) is 33.8. The Morgan fingerprint density at radius 3 is 1.44 bits per heavy atom. The van der Waals surface area contributed by atoms with Gasteiger partial charge in [0.05, 0.1) is 61.2 Å². The number of likely N-dealkylation sites (tertiary alicyclic amines) is 2. The molecule has 8 heterocycles. The summed E-state index contributed by atoms with van der Waals surface area (Å²) in [6.07, 6.45) is -1.23. The third kappa shape index (κ3) is 23.3. The standard InChI is InChI=1S/C88H110N16O17/c1-50(89-9)78(110)95-76(87(3,4)5)84(116)101-35-32-70-74(101)82(114)92-67(41-54-19-25-56-15-11-13-17-58(56)38-54)72(107)43-60(80(112)91-34-31-63(105)44-64(106)45-73(108)109)37-52-21-27-65(28-22-52)120-48-62-47-104(100-98-62)71-33-36-102(85(117)77(88(6,7)8)96-79(111)51(2)90-10)75(71)83(115)93-68(42-55-20-26-57-16-12-14-18-59(57)39-55)81(113)94-69(86(118)119)40-53-23-29-66(30-24-53)121-49-61-46-103(70)99-97-61/h11-30,38-39,46-47,50-51,60,63-64,67-71,74-77,89-90,105-106H,31-37,40-45,48-49H2,1-10H3,(H,91,112)(H,92,114)(H,93,115)(H,94,113)(H,95,110)(H,96,111)(H,108,109)(H,118,119)/t50-,51-,60+,63+,64+,67-,68-,69-,70+,71+,74-,75-,76+,77+/m0/s1. The SMILES string of the molecule is CN[C@@H](C)C(=O)N[C@H](C(=O)N1CC[C@@H]2[C@H]1C(=O)N[C@@H](Cc1ccc3ccccc3c1)C(=O)C[C@H](C(=O)NCC[C@@H](O)C[C@@H](O)CC(=O)O)Cc1ccc(cc1)OCc1cn(nn1)[C@@H]1CCN(C(=O)[C@@H](NC(=O)[C@H](C)NC)C(C)(C)C)[C@@H]1C(=O)N[C@@H](Cc1ccc3ccccc3c1)C(=O)N[C@H](C(=O)O)Cc1ccc(cc1)OCc1cn2nn1)C(C)(C)C. The largest absolute Gasteiger partial charge is 0.487 e. The first-order valence-electron chi connectivity index (χ1n) is 40.9. The molecular weight excluding hydrogens is 1550 g/mol. The van der Waals surface area contributed by atoms with E-state index in [1.165, 1.54) is 19.2 Å². The number of ketones is 1. The number of nitrogens with zero attached hydrogens (tertiary/aromatic N) is 8. The highest BCUT2D eigenvalue weighted by atomic mass is 16.5. The summed E-state index contributed by atoms with van der Waals surface area (Å²) in [5, 5.41) is 85.8. The molecule has 2 aromatic heterocycles. The molecule has 0 saturated carbocycles. The van der Waals surface area contributed by atoms with E-state index in [-0.39, 0.29) is 95.6 Å². The lowest BCUT2D eigenvalue weighted by molar-refractivity contribution is -0.145. The minimum atomic E-state index is -1.55. The van der Waals surface area contributed by atoms with Crippen LogP contribution in [-0.4, -0.2) is 226 Å². The number of benzene rings is 6. The Balaban J connectivity index is 0.965. The van der Waals surface area contributed by atoms with E-state index in [9.17, 15) is 44.4 Å². The number of hydrogen-bond donors (Lipinski definition) is 12. The summed E-state index contributed by atoms with van der Waals surface area (Å²) in [5.74, 6) is -8.92. The zero-order valence-electron chi connectivity index (χ0n) is 69.7. The Hall–Kier alpha value is -12.1. The van der Waals surface area contributed by atoms with Gasteiger partial charge in [0.2, 0.25) is 47.3 Å². The first-order valence-corrected chi connectivity index (χ1v) is 40.9. The average molecular weight is 1660 g/mol. The van der Waals surface area contributed by atoms with E-state index in [1.54, 1.807) is 136 Å². The summed E-state index contributed by atoms with van der Waals surface area (Å²) < 4.78 is 15.4. The smallest absolute Gasteiger partial charge is 0.326 e. The summed E-state index contributed by atoms with van der Waals surface area (Å²) in [6.45, 7) is 13.4. The highest BCUT2D eigenvalue weighted by Crippen LogP contribution is 2.36. The second kappa shape index (κ2) is 39.9. The second-order valence-corrected chi connectivity index (χ2v) is 33.8. The topological polar surface area (TPSA) is 451 Å². The van der Waals surface area contributed by atoms with Crippen molar-refractivity contribution in [1.82, 2.24) is 82.3 Å². The lowest BCUT2D eigenvalue weighted by atomic mass is 9.85. The van der Waals surface area contributed by atoms with Crippen molar-refractivity contribution in [2.24, 2.45) is 16.7 Å². The summed E-state index contributed by atoms with van der Waals surface area (Å²) in [4.78, 5) is 163. The van der Waals surface area contributed by atoms with Gasteiger partial charge in [0.15, 0.2) is 5.78 Å². The number of aliphatic hydroxyl groups is 2. The molecule has 0 radical (unpaired) electrons. The number of nitrogens with one attached hydrogen (secondary N) is 8. The average Bonchev–Trinajstić information content (AvgIpc) is 1.64. The monoisotopic (exact) mass is 1660 g/mol. The molecule has 8 bridgehead atoms. The fraction of sp³-hybridized carbons (Fsp3) is 0.466. The van der Waals surface area contributed by atoms with Crippen LogP contribution < -0.4 is 52.0 Å². The van der Waals surface area contributed by atoms with Crippen LogP contribution in [0.2, 0.25) is 0 Å². The van der Waals surface area contributed by atoms with Crippen molar-refractivity contribution in [3.8, 4) is 11.5 Å². The lowest BCUT2D eigenvalue weighted by Crippen LogP contribution is -2.61. The number of carbonyl (C=O) groups is 11. The maximum atomic E-state index is 15.9. The van der Waals surface area contributed by atoms with Crippen molar-refractivity contribution in [2.45, 2.75) is 211 Å². The molecule has 12 N–H and O–H groups in total. The molecule has 0 aliphatic carbocycles. The Labute approximate surface area is 701 Å². The third-order valence-corrected chi connectivity index (χ3v) is 22.6. The van der Waals surface area contributed by atoms with E-state index in [0.717, 1.165) is 21.5 Å². The molecule has 644 valence electrons. The number of Topliss-reactive ketones (excluding diaryl/α,β-unsaturated/α-hetero) is 1. The van der Waals surface area contributed by atoms with Crippen LogP contribution in [-0.2, 0) is 91.6 Å². The Morgan fingerprint density at radius 1 is 0.545 bits per heavy atom. The number of carboxylic acid groups (broad SMARTS) is 2. The Morgan fingerprint density at radius 2 is 0.992 bits per heavy atom. The Bertz CT molecular complexity index is 5040. The van der Waals surface area contributed by atoms with Gasteiger partial charge < -0.3 is 82.2 Å². The number of rotatable bonds is 21. The zero-order chi connectivity index (χ0) is 87.1. The summed E-state index contributed by atoms with van der Waals surface area (Å²) >= 11 is 0. The molecule has 2 fully saturated rings. The molecule has 0 spiro atoms. The van der Waals surface area contributed by atoms with Crippen molar-refractivity contribution >= 4 is 86.5 Å². The number of likely N-dealkylation sites (N-methyl/N-ethyl adjacent to an activating group) is 2. The number of ether oxygens (including phenoxy) is 2. The Kier molecular flexibility index (Phi) is 29.6. The minimum Gasteiger partial charge on any atom is -0.487 e. The van der Waals surface area contributed by atoms with E-state index in [4.69, 9.17) is 9.47 Å². The highest BCUT2D eigenvalue weighted by molar-refractivity contribution is 5.99. The van der Waals surface area contributed by atoms with Crippen molar-refractivity contribution in [1.29, 1.82) is 0 Å². The molecule has 2 saturated heterocycles. The van der Waals surface area contributed by atoms with Crippen LogP contribution in [0.1, 0.15) is 140 Å². The van der Waals surface area contributed by atoms with Gasteiger partial charge in [-0.1, -0.05) is 161 Å². The molecule has 6 aliphatic heterocycles. The van der Waals surface area contributed by atoms with Gasteiger partial charge in [0.1, 0.15) is 72.4 Å². The van der Waals surface area contributed by atoms with Gasteiger partial charge >= 0.3 is 11.9 Å². The van der Waals surface area contributed by atoms with E-state index >= 15 is 28.8 Å². The van der Waals surface area contributed by atoms with Crippen molar-refractivity contribution in [3.63, 3.8) is 0 Å². The predicted octanol–water partition coefficient (Wildman–Crippen LogP) is 4.39. The van der Waals surface area contributed by atoms with Crippen molar-refractivity contribution < 1.29 is 82.6 Å². The number of aliphatic hydroxyl groups excluding tert-OH is 2. The fourth-order valence-corrected chi connectivity index (χ4v) is 15.5. The van der Waals surface area contributed by atoms with E-state index in [1.807, 2.05) is 78.9 Å². The van der Waals surface area contributed by atoms with Crippen LogP contribution in [0.4, 0.5) is 0 Å². The van der Waals surface area contributed by atoms with Crippen molar-refractivity contribution in [3.05, 3.63) is 179 Å². The number of amides is 8. The normalized spacial score (nSPS) is 21.3. The summed E-state index contributed by atoms with van der Waals surface area (Å²) in [5.41, 5.74) is 0.999. The first kappa shape index (κ1) is 89.7. The van der Waals surface area contributed by atoms with Crippen molar-refractivity contribution in [2.75, 3.05) is 33.7 Å². The molecule has 6 aliphatic rings. The van der Waals surface area contributed by atoms with Crippen LogP contribution in [0, 0.1) is 16.7 Å². The molecular formula is C88H110N16O17. The van der Waals surface area contributed by atoms with Gasteiger partial charge in [-0.25, -0.2) is 14.2 Å². The van der Waals surface area contributed by atoms with Gasteiger partial charge in [-0.15, -0.1) is 10.2 Å². The number of aliphatic carboxylic acids is 2. The van der Waals surface area contributed by atoms with Crippen LogP contribution >= 0.6 is 0 Å². The number of hydrogen-bond acceptors (Lipinski definition) is 21. The molecule has 6 aromatic carbocycles. The molecule has 121 heavy (non-hydrogen) atoms. The summed E-state index contributed by atoms with van der Waals surface area (Å²) in [6, 6.07) is 26.5. The number of carbonyl (C=O) groups excluding carboxylic acids is 9. The maximum absolute atomic E-state index is 15.9. The molecule has 14 atom stereocenters. The molecule has 33 heteroatoms. The third-order valence-electron chi connectivity index (χ3n) is 22.6. The minimum absolute atomic E-state index is 0.0226. The van der Waals surface area contributed by atoms with Crippen LogP contribution in [0.15, 0.2) is 146 Å². The van der Waals surface area contributed by atoms with Crippen LogP contribution in [0.5, 0.6) is 11.5 Å². The number of aromatic nitrogens is 6. The maximum Gasteiger partial charge on any atom is 0.326 e.